The molecule has 1 heterocycles. The zero-order chi connectivity index (χ0) is 6.85. The molecule has 1 unspecified atom stereocenters. The van der Waals surface area contributed by atoms with E-state index < -0.39 is 17.6 Å². The lowest BCUT2D eigenvalue weighted by molar-refractivity contribution is -0.122. The van der Waals surface area contributed by atoms with Crippen LogP contribution in [0.3, 0.4) is 0 Å². The highest BCUT2D eigenvalue weighted by atomic mass is 16.3. The highest BCUT2D eigenvalue weighted by Crippen LogP contribution is 2.00. The van der Waals surface area contributed by atoms with E-state index in [1.807, 2.05) is 0 Å². The Labute approximate surface area is 51.1 Å². The summed E-state index contributed by atoms with van der Waals surface area (Å²) >= 11 is 0. The highest BCUT2D eigenvalue weighted by Gasteiger charge is 2.19. The minimum Gasteiger partial charge on any atom is -0.503 e. The molecule has 2 N–H and O–H groups in total. The molecule has 0 radical (unpaired) electrons. The van der Waals surface area contributed by atoms with Crippen molar-refractivity contribution in [1.82, 2.24) is 0 Å². The maximum absolute atomic E-state index is 10.5. The van der Waals surface area contributed by atoms with Crippen molar-refractivity contribution < 1.29 is 15.0 Å². The van der Waals surface area contributed by atoms with Crippen molar-refractivity contribution in [3.05, 3.63) is 12.0 Å². The van der Waals surface area contributed by atoms with Gasteiger partial charge in [-0.1, -0.05) is 0 Å². The number of rotatable bonds is 0. The molecule has 0 aliphatic carbocycles. The van der Waals surface area contributed by atoms with Gasteiger partial charge in [-0.3, -0.25) is 9.79 Å². The SMILES string of the molecule is O=C1C(O)=CN=CC1O. The molecular formula is C5H5NO3. The van der Waals surface area contributed by atoms with Gasteiger partial charge >= 0.3 is 0 Å². The summed E-state index contributed by atoms with van der Waals surface area (Å²) in [5, 5.41) is 17.2. The molecule has 0 aromatic carbocycles. The fourth-order valence-corrected chi connectivity index (χ4v) is 0.478. The number of hydrogen-bond donors (Lipinski definition) is 2. The van der Waals surface area contributed by atoms with Gasteiger partial charge in [0.1, 0.15) is 0 Å². The number of Topliss-reactive ketones (excluding diaryl/α,β-unsaturated/α-hetero) is 1. The zero-order valence-corrected chi connectivity index (χ0v) is 4.48. The Balaban J connectivity index is 2.86. The van der Waals surface area contributed by atoms with Crippen molar-refractivity contribution in [3.8, 4) is 0 Å². The second kappa shape index (κ2) is 1.99. The van der Waals surface area contributed by atoms with Crippen molar-refractivity contribution in [3.63, 3.8) is 0 Å². The average molecular weight is 127 g/mol. The van der Waals surface area contributed by atoms with Gasteiger partial charge in [-0.25, -0.2) is 0 Å². The number of hydrogen-bond acceptors (Lipinski definition) is 4. The fourth-order valence-electron chi connectivity index (χ4n) is 0.478. The van der Waals surface area contributed by atoms with E-state index in [1.54, 1.807) is 0 Å². The summed E-state index contributed by atoms with van der Waals surface area (Å²) < 4.78 is 0. The van der Waals surface area contributed by atoms with Gasteiger partial charge in [-0.2, -0.15) is 0 Å². The van der Waals surface area contributed by atoms with E-state index in [0.29, 0.717) is 0 Å². The minimum absolute atomic E-state index is 0.495. The molecule has 0 aromatic heterocycles. The van der Waals surface area contributed by atoms with Crippen LogP contribution in [0.5, 0.6) is 0 Å². The summed E-state index contributed by atoms with van der Waals surface area (Å²) in [5.41, 5.74) is 0. The third-order valence-corrected chi connectivity index (χ3v) is 0.945. The number of nitrogens with zero attached hydrogens (tertiary/aromatic N) is 1. The summed E-state index contributed by atoms with van der Waals surface area (Å²) in [6.45, 7) is 0. The van der Waals surface area contributed by atoms with Crippen LogP contribution in [0, 0.1) is 0 Å². The number of carbonyl (C=O) groups excluding carboxylic acids is 1. The second-order valence-corrected chi connectivity index (χ2v) is 1.62. The van der Waals surface area contributed by atoms with Gasteiger partial charge in [-0.15, -0.1) is 0 Å². The number of aliphatic imine (C=N–C) groups is 1. The first-order chi connectivity index (χ1) is 4.22. The van der Waals surface area contributed by atoms with Crippen LogP contribution in [0.2, 0.25) is 0 Å². The van der Waals surface area contributed by atoms with E-state index in [-0.39, 0.29) is 0 Å². The van der Waals surface area contributed by atoms with E-state index in [2.05, 4.69) is 4.99 Å². The Kier molecular flexibility index (Phi) is 1.32. The van der Waals surface area contributed by atoms with Gasteiger partial charge in [0.25, 0.3) is 0 Å². The smallest absolute Gasteiger partial charge is 0.232 e. The monoisotopic (exact) mass is 127 g/mol. The predicted octanol–water partition coefficient (Wildman–Crippen LogP) is -0.600. The lowest BCUT2D eigenvalue weighted by atomic mass is 10.2. The molecule has 1 aliphatic heterocycles. The first kappa shape index (κ1) is 5.97. The first-order valence-electron chi connectivity index (χ1n) is 2.36. The van der Waals surface area contributed by atoms with Gasteiger partial charge in [0.2, 0.25) is 5.78 Å². The Hall–Kier alpha value is -1.16. The van der Waals surface area contributed by atoms with E-state index >= 15 is 0 Å². The summed E-state index contributed by atoms with van der Waals surface area (Å²) in [4.78, 5) is 13.8. The number of aliphatic hydroxyl groups is 2. The summed E-state index contributed by atoms with van der Waals surface area (Å²) in [6, 6.07) is 0. The van der Waals surface area contributed by atoms with Crippen LogP contribution in [-0.2, 0) is 4.79 Å². The molecule has 1 aliphatic rings. The standard InChI is InChI=1S/C5H5NO3/c7-3-1-6-2-4(8)5(3)9/h1-3,7-8H. The molecule has 0 spiro atoms. The molecule has 1 rings (SSSR count). The van der Waals surface area contributed by atoms with Crippen molar-refractivity contribution in [2.75, 3.05) is 0 Å². The number of carbonyl (C=O) groups is 1. The minimum atomic E-state index is -1.27. The van der Waals surface area contributed by atoms with Crippen LogP contribution >= 0.6 is 0 Å². The average Bonchev–Trinajstić information content (AvgIpc) is 1.83. The van der Waals surface area contributed by atoms with Crippen molar-refractivity contribution in [2.24, 2.45) is 4.99 Å². The highest BCUT2D eigenvalue weighted by molar-refractivity contribution is 6.08. The molecule has 0 saturated heterocycles. The number of aliphatic hydroxyl groups excluding tert-OH is 2. The quantitative estimate of drug-likeness (QED) is 0.456. The van der Waals surface area contributed by atoms with E-state index in [9.17, 15) is 4.79 Å². The van der Waals surface area contributed by atoms with E-state index in [0.717, 1.165) is 12.4 Å². The Morgan fingerprint density at radius 2 is 2.33 bits per heavy atom. The van der Waals surface area contributed by atoms with Crippen LogP contribution in [0.25, 0.3) is 0 Å². The van der Waals surface area contributed by atoms with Crippen molar-refractivity contribution in [1.29, 1.82) is 0 Å². The normalized spacial score (nSPS) is 26.1. The third kappa shape index (κ3) is 0.972. The van der Waals surface area contributed by atoms with Gasteiger partial charge in [-0.05, 0) is 0 Å². The molecule has 0 bridgehead atoms. The van der Waals surface area contributed by atoms with E-state index in [1.165, 1.54) is 0 Å². The first-order valence-corrected chi connectivity index (χ1v) is 2.36. The van der Waals surface area contributed by atoms with Crippen LogP contribution in [0.4, 0.5) is 0 Å². The summed E-state index contributed by atoms with van der Waals surface area (Å²) in [5.74, 6) is -1.20. The molecule has 0 saturated carbocycles. The van der Waals surface area contributed by atoms with Crippen LogP contribution < -0.4 is 0 Å². The topological polar surface area (TPSA) is 69.9 Å². The second-order valence-electron chi connectivity index (χ2n) is 1.62. The Morgan fingerprint density at radius 1 is 1.67 bits per heavy atom. The molecule has 9 heavy (non-hydrogen) atoms. The maximum Gasteiger partial charge on any atom is 0.232 e. The molecule has 0 fully saturated rings. The molecule has 0 aromatic rings. The molecule has 48 valence electrons. The molecular weight excluding hydrogens is 122 g/mol. The lowest BCUT2D eigenvalue weighted by Crippen LogP contribution is -2.25. The van der Waals surface area contributed by atoms with Gasteiger partial charge in [0, 0.05) is 6.21 Å². The summed E-state index contributed by atoms with van der Waals surface area (Å²) in [7, 11) is 0. The van der Waals surface area contributed by atoms with Gasteiger partial charge < -0.3 is 10.2 Å². The lowest BCUT2D eigenvalue weighted by Gasteiger charge is -2.04. The molecule has 0 amide bonds. The van der Waals surface area contributed by atoms with Crippen LogP contribution in [-0.4, -0.2) is 28.3 Å². The van der Waals surface area contributed by atoms with Gasteiger partial charge in [0.05, 0.1) is 6.20 Å². The van der Waals surface area contributed by atoms with Crippen LogP contribution in [0.1, 0.15) is 0 Å². The molecule has 4 heteroatoms. The fraction of sp³-hybridized carbons (Fsp3) is 0.200. The van der Waals surface area contributed by atoms with Crippen LogP contribution in [0.15, 0.2) is 17.0 Å². The predicted molar refractivity (Wildman–Crippen MR) is 30.2 cm³/mol. The van der Waals surface area contributed by atoms with Gasteiger partial charge in [0.15, 0.2) is 11.9 Å². The molecule has 1 atom stereocenters. The van der Waals surface area contributed by atoms with Crippen molar-refractivity contribution in [2.45, 2.75) is 6.10 Å². The largest absolute Gasteiger partial charge is 0.503 e. The zero-order valence-electron chi connectivity index (χ0n) is 4.48. The third-order valence-electron chi connectivity index (χ3n) is 0.945. The maximum atomic E-state index is 10.5. The molecule has 4 nitrogen and oxygen atoms in total. The van der Waals surface area contributed by atoms with E-state index in [4.69, 9.17) is 10.2 Å². The van der Waals surface area contributed by atoms with Crippen molar-refractivity contribution >= 4 is 12.0 Å². The number of ketones is 1. The Morgan fingerprint density at radius 3 is 2.78 bits per heavy atom. The summed E-state index contributed by atoms with van der Waals surface area (Å²) in [6.07, 6.45) is 0.784. The Bertz CT molecular complexity index is 194.